The van der Waals surface area contributed by atoms with Crippen LogP contribution in [0.3, 0.4) is 0 Å². The van der Waals surface area contributed by atoms with Crippen molar-refractivity contribution in [3.05, 3.63) is 27.7 Å². The zero-order valence-corrected chi connectivity index (χ0v) is 9.29. The first kappa shape index (κ1) is 8.37. The minimum absolute atomic E-state index is 0.737. The normalized spacial score (nSPS) is 17.1. The Hall–Kier alpha value is -0.950. The van der Waals surface area contributed by atoms with Gasteiger partial charge in [0.15, 0.2) is 15.3 Å². The molecule has 0 unspecified atom stereocenters. The molecule has 4 nitrogen and oxygen atoms in total. The van der Waals surface area contributed by atoms with E-state index in [4.69, 9.17) is 9.47 Å². The number of benzene rings is 1. The molecule has 2 aliphatic heterocycles. The van der Waals surface area contributed by atoms with Crippen molar-refractivity contribution in [3.8, 4) is 11.5 Å². The van der Waals surface area contributed by atoms with Crippen molar-refractivity contribution in [2.75, 3.05) is 5.43 Å². The Morgan fingerprint density at radius 1 is 1.29 bits per heavy atom. The van der Waals surface area contributed by atoms with Gasteiger partial charge in [0.2, 0.25) is 0 Å². The molecule has 2 heterocycles. The topological polar surface area (TPSA) is 42.5 Å². The Morgan fingerprint density at radius 3 is 3.14 bits per heavy atom. The van der Waals surface area contributed by atoms with Crippen molar-refractivity contribution >= 4 is 28.3 Å². The Labute approximate surface area is 94.4 Å². The predicted octanol–water partition coefficient (Wildman–Crippen LogP) is 2.12. The molecule has 1 aromatic carbocycles. The number of fused-ring (bicyclic) bond motifs is 2. The third kappa shape index (κ3) is 1.24. The monoisotopic (exact) mass is 302 g/mol. The summed E-state index contributed by atoms with van der Waals surface area (Å²) in [7, 11) is 0. The molecule has 72 valence electrons. The van der Waals surface area contributed by atoms with Gasteiger partial charge >= 0.3 is 0 Å². The molecule has 0 saturated heterocycles. The van der Waals surface area contributed by atoms with Gasteiger partial charge < -0.3 is 14.9 Å². The van der Waals surface area contributed by atoms with E-state index in [1.807, 2.05) is 12.1 Å². The molecular formula is C9H7IN2O2. The largest absolute Gasteiger partial charge is 0.457 e. The number of hydrogen-bond acceptors (Lipinski definition) is 4. The number of rotatable bonds is 0. The van der Waals surface area contributed by atoms with Gasteiger partial charge in [0, 0.05) is 35.2 Å². The second-order valence-corrected chi connectivity index (χ2v) is 4.14. The van der Waals surface area contributed by atoms with Crippen molar-refractivity contribution in [2.45, 2.75) is 6.54 Å². The quantitative estimate of drug-likeness (QED) is 0.721. The summed E-state index contributed by atoms with van der Waals surface area (Å²) in [5.74, 6) is 1.53. The predicted molar refractivity (Wildman–Crippen MR) is 60.3 cm³/mol. The zero-order valence-electron chi connectivity index (χ0n) is 7.13. The number of hydrogen-bond donors (Lipinski definition) is 2. The molecule has 0 saturated carbocycles. The Bertz CT molecular complexity index is 431. The van der Waals surface area contributed by atoms with Gasteiger partial charge in [0.05, 0.1) is 5.69 Å². The van der Waals surface area contributed by atoms with Crippen LogP contribution in [0.25, 0.3) is 0 Å². The first-order valence-electron chi connectivity index (χ1n) is 4.19. The third-order valence-corrected chi connectivity index (χ3v) is 2.63. The van der Waals surface area contributed by atoms with Gasteiger partial charge in [-0.15, -0.1) is 0 Å². The highest BCUT2D eigenvalue weighted by atomic mass is 127. The summed E-state index contributed by atoms with van der Waals surface area (Å²) in [5, 5.41) is 0. The van der Waals surface area contributed by atoms with E-state index in [9.17, 15) is 0 Å². The summed E-state index contributed by atoms with van der Waals surface area (Å²) in [5.41, 5.74) is 8.35. The van der Waals surface area contributed by atoms with Crippen LogP contribution in [0, 0.1) is 0 Å². The van der Waals surface area contributed by atoms with Gasteiger partial charge in [-0.1, -0.05) is 0 Å². The van der Waals surface area contributed by atoms with Gasteiger partial charge in [-0.3, -0.25) is 0 Å². The summed E-state index contributed by atoms with van der Waals surface area (Å²) in [4.78, 5) is 0. The van der Waals surface area contributed by atoms with Crippen molar-refractivity contribution in [1.82, 2.24) is 5.43 Å². The maximum atomic E-state index is 5.51. The molecule has 0 fully saturated rings. The number of ether oxygens (including phenoxy) is 2. The fraction of sp³-hybridized carbons (Fsp3) is 0.111. The van der Waals surface area contributed by atoms with E-state index in [0.717, 1.165) is 27.5 Å². The van der Waals surface area contributed by atoms with E-state index in [1.54, 1.807) is 6.26 Å². The van der Waals surface area contributed by atoms with E-state index in [-0.39, 0.29) is 0 Å². The van der Waals surface area contributed by atoms with Gasteiger partial charge in [-0.05, 0) is 11.6 Å². The van der Waals surface area contributed by atoms with Crippen LogP contribution in [0.5, 0.6) is 11.5 Å². The van der Waals surface area contributed by atoms with Crippen LogP contribution in [0.1, 0.15) is 5.56 Å². The molecule has 0 aromatic heterocycles. The van der Waals surface area contributed by atoms with Crippen LogP contribution in [0.2, 0.25) is 0 Å². The van der Waals surface area contributed by atoms with Crippen molar-refractivity contribution < 1.29 is 9.47 Å². The summed E-state index contributed by atoms with van der Waals surface area (Å²) in [6, 6.07) is 3.92. The number of anilines is 1. The molecule has 1 aromatic rings. The molecule has 5 heteroatoms. The molecular weight excluding hydrogens is 295 g/mol. The van der Waals surface area contributed by atoms with Crippen LogP contribution >= 0.6 is 22.6 Å². The smallest absolute Gasteiger partial charge is 0.199 e. The molecule has 2 N–H and O–H groups in total. The first-order valence-corrected chi connectivity index (χ1v) is 5.27. The molecule has 0 bridgehead atoms. The highest BCUT2D eigenvalue weighted by molar-refractivity contribution is 14.1. The highest BCUT2D eigenvalue weighted by Crippen LogP contribution is 2.39. The molecule has 3 rings (SSSR count). The second kappa shape index (κ2) is 3.03. The van der Waals surface area contributed by atoms with E-state index >= 15 is 0 Å². The van der Waals surface area contributed by atoms with Crippen LogP contribution in [-0.2, 0) is 6.54 Å². The lowest BCUT2D eigenvalue weighted by Crippen LogP contribution is -2.10. The lowest BCUT2D eigenvalue weighted by atomic mass is 10.1. The van der Waals surface area contributed by atoms with E-state index in [1.165, 1.54) is 5.56 Å². The molecule has 0 aliphatic carbocycles. The van der Waals surface area contributed by atoms with E-state index in [0.29, 0.717) is 0 Å². The second-order valence-electron chi connectivity index (χ2n) is 3.08. The number of nitrogens with one attached hydrogen (secondary N) is 2. The Balaban J connectivity index is 2.09. The van der Waals surface area contributed by atoms with Gasteiger partial charge in [-0.2, -0.15) is 0 Å². The Morgan fingerprint density at radius 2 is 2.21 bits per heavy atom. The van der Waals surface area contributed by atoms with Crippen molar-refractivity contribution in [3.63, 3.8) is 0 Å². The van der Waals surface area contributed by atoms with Gasteiger partial charge in [0.1, 0.15) is 6.26 Å². The van der Waals surface area contributed by atoms with Crippen molar-refractivity contribution in [1.29, 1.82) is 0 Å². The summed E-state index contributed by atoms with van der Waals surface area (Å²) in [6.07, 6.45) is 1.60. The van der Waals surface area contributed by atoms with Crippen molar-refractivity contribution in [2.24, 2.45) is 0 Å². The van der Waals surface area contributed by atoms with Gasteiger partial charge in [0.25, 0.3) is 0 Å². The fourth-order valence-electron chi connectivity index (χ4n) is 1.51. The zero-order chi connectivity index (χ0) is 9.54. The average Bonchev–Trinajstić information content (AvgIpc) is 2.61. The van der Waals surface area contributed by atoms with Crippen LogP contribution in [-0.4, -0.2) is 0 Å². The summed E-state index contributed by atoms with van der Waals surface area (Å²) in [6.45, 7) is 0.812. The van der Waals surface area contributed by atoms with Crippen LogP contribution < -0.4 is 20.3 Å². The molecule has 14 heavy (non-hydrogen) atoms. The minimum atomic E-state index is 0.737. The Kier molecular flexibility index (Phi) is 1.81. The molecule has 0 radical (unpaired) electrons. The lowest BCUT2D eigenvalue weighted by molar-refractivity contribution is 0.357. The fourth-order valence-corrected chi connectivity index (χ4v) is 1.87. The van der Waals surface area contributed by atoms with Crippen LogP contribution in [0.15, 0.2) is 22.2 Å². The lowest BCUT2D eigenvalue weighted by Gasteiger charge is -2.15. The first-order chi connectivity index (χ1) is 6.83. The third-order valence-electron chi connectivity index (χ3n) is 2.16. The standard InChI is InChI=1S/C9H7IN2O2/c10-9-4-13-7-1-5-3-11-12-6(5)2-8(7)14-9/h1-2,4,11-12H,3H2. The molecule has 0 atom stereocenters. The number of hydrazine groups is 1. The van der Waals surface area contributed by atoms with Crippen LogP contribution in [0.4, 0.5) is 5.69 Å². The highest BCUT2D eigenvalue weighted by Gasteiger charge is 2.18. The van der Waals surface area contributed by atoms with E-state index in [2.05, 4.69) is 33.4 Å². The molecule has 0 spiro atoms. The van der Waals surface area contributed by atoms with Gasteiger partial charge in [-0.25, -0.2) is 5.43 Å². The maximum Gasteiger partial charge on any atom is 0.199 e. The molecule has 2 aliphatic rings. The SMILES string of the molecule is IC1=COc2cc3c(cc2O1)NNC3. The minimum Gasteiger partial charge on any atom is -0.457 e. The summed E-state index contributed by atoms with van der Waals surface area (Å²) < 4.78 is 11.7. The summed E-state index contributed by atoms with van der Waals surface area (Å²) >= 11 is 2.08. The average molecular weight is 302 g/mol. The number of halogens is 1. The molecule has 0 amide bonds. The maximum absolute atomic E-state index is 5.51. The van der Waals surface area contributed by atoms with E-state index < -0.39 is 0 Å².